The van der Waals surface area contributed by atoms with E-state index < -0.39 is 0 Å². The first-order valence-corrected chi connectivity index (χ1v) is 6.77. The predicted octanol–water partition coefficient (Wildman–Crippen LogP) is 3.51. The molecular formula is C17H22N2. The summed E-state index contributed by atoms with van der Waals surface area (Å²) in [5.41, 5.74) is 6.51. The Labute approximate surface area is 115 Å². The molecule has 0 spiro atoms. The van der Waals surface area contributed by atoms with E-state index >= 15 is 0 Å². The van der Waals surface area contributed by atoms with Crippen LogP contribution in [0.25, 0.3) is 0 Å². The van der Waals surface area contributed by atoms with Crippen LogP contribution < -0.4 is 5.32 Å². The van der Waals surface area contributed by atoms with Crippen molar-refractivity contribution in [1.29, 1.82) is 0 Å². The molecule has 1 atom stereocenters. The van der Waals surface area contributed by atoms with Crippen LogP contribution in [-0.2, 0) is 6.42 Å². The molecule has 0 amide bonds. The second kappa shape index (κ2) is 5.98. The Kier molecular flexibility index (Phi) is 4.33. The fraction of sp³-hybridized carbons (Fsp3) is 0.353. The van der Waals surface area contributed by atoms with Gasteiger partial charge in [0.25, 0.3) is 0 Å². The van der Waals surface area contributed by atoms with E-state index in [0.29, 0.717) is 6.04 Å². The molecule has 0 fully saturated rings. The molecule has 0 saturated carbocycles. The first-order chi connectivity index (χ1) is 9.13. The third-order valence-corrected chi connectivity index (χ3v) is 3.75. The molecule has 0 radical (unpaired) electrons. The number of aryl methyl sites for hydroxylation is 3. The van der Waals surface area contributed by atoms with Gasteiger partial charge in [-0.1, -0.05) is 24.3 Å². The van der Waals surface area contributed by atoms with Crippen LogP contribution >= 0.6 is 0 Å². The number of hydrogen-bond acceptors (Lipinski definition) is 2. The van der Waals surface area contributed by atoms with Crippen molar-refractivity contribution in [1.82, 2.24) is 10.3 Å². The lowest BCUT2D eigenvalue weighted by Crippen LogP contribution is -2.21. The van der Waals surface area contributed by atoms with Crippen LogP contribution in [0.5, 0.6) is 0 Å². The topological polar surface area (TPSA) is 24.9 Å². The Bertz CT molecular complexity index is 541. The van der Waals surface area contributed by atoms with Crippen LogP contribution in [0.2, 0.25) is 0 Å². The molecule has 1 heterocycles. The molecule has 1 aromatic carbocycles. The molecular weight excluding hydrogens is 232 g/mol. The molecule has 2 nitrogen and oxygen atoms in total. The number of benzene rings is 1. The molecule has 1 aromatic heterocycles. The lowest BCUT2D eigenvalue weighted by Gasteiger charge is -2.21. The Morgan fingerprint density at radius 1 is 1.00 bits per heavy atom. The molecule has 0 aliphatic heterocycles. The Morgan fingerprint density at radius 3 is 2.21 bits per heavy atom. The van der Waals surface area contributed by atoms with Crippen molar-refractivity contribution in [2.45, 2.75) is 33.2 Å². The van der Waals surface area contributed by atoms with Crippen LogP contribution in [0.1, 0.15) is 34.0 Å². The summed E-state index contributed by atoms with van der Waals surface area (Å²) >= 11 is 0. The summed E-state index contributed by atoms with van der Waals surface area (Å²) in [6.45, 7) is 6.48. The maximum atomic E-state index is 4.51. The highest BCUT2D eigenvalue weighted by Gasteiger charge is 2.16. The molecule has 1 N–H and O–H groups in total. The van der Waals surface area contributed by atoms with E-state index in [1.54, 1.807) is 0 Å². The summed E-state index contributed by atoms with van der Waals surface area (Å²) in [6, 6.07) is 10.9. The molecule has 100 valence electrons. The number of hydrogen-bond donors (Lipinski definition) is 1. The van der Waals surface area contributed by atoms with Gasteiger partial charge >= 0.3 is 0 Å². The first-order valence-electron chi connectivity index (χ1n) is 6.77. The van der Waals surface area contributed by atoms with Crippen molar-refractivity contribution >= 4 is 0 Å². The van der Waals surface area contributed by atoms with Gasteiger partial charge in [0.1, 0.15) is 0 Å². The average molecular weight is 254 g/mol. The van der Waals surface area contributed by atoms with Crippen LogP contribution in [0.15, 0.2) is 36.5 Å². The summed E-state index contributed by atoms with van der Waals surface area (Å²) in [5.74, 6) is 0. The summed E-state index contributed by atoms with van der Waals surface area (Å²) in [6.07, 6.45) is 2.80. The van der Waals surface area contributed by atoms with Crippen molar-refractivity contribution in [3.05, 3.63) is 64.5 Å². The third-order valence-electron chi connectivity index (χ3n) is 3.75. The van der Waals surface area contributed by atoms with Crippen molar-refractivity contribution in [3.8, 4) is 0 Å². The summed E-state index contributed by atoms with van der Waals surface area (Å²) < 4.78 is 0. The fourth-order valence-corrected chi connectivity index (χ4v) is 2.65. The quantitative estimate of drug-likeness (QED) is 0.903. The van der Waals surface area contributed by atoms with Gasteiger partial charge in [0, 0.05) is 24.4 Å². The molecule has 19 heavy (non-hydrogen) atoms. The van der Waals surface area contributed by atoms with E-state index in [9.17, 15) is 0 Å². The minimum absolute atomic E-state index is 0.315. The van der Waals surface area contributed by atoms with E-state index in [0.717, 1.165) is 6.42 Å². The molecule has 2 heteroatoms. The average Bonchev–Trinajstić information content (AvgIpc) is 2.39. The van der Waals surface area contributed by atoms with Crippen LogP contribution in [0.3, 0.4) is 0 Å². The van der Waals surface area contributed by atoms with E-state index in [2.05, 4.69) is 55.3 Å². The monoisotopic (exact) mass is 254 g/mol. The molecule has 1 unspecified atom stereocenters. The third kappa shape index (κ3) is 3.02. The molecule has 0 aliphatic carbocycles. The minimum Gasteiger partial charge on any atom is -0.313 e. The lowest BCUT2D eigenvalue weighted by molar-refractivity contribution is 0.576. The Morgan fingerprint density at radius 2 is 1.63 bits per heavy atom. The van der Waals surface area contributed by atoms with Crippen LogP contribution in [-0.4, -0.2) is 12.0 Å². The highest BCUT2D eigenvalue weighted by molar-refractivity contribution is 5.37. The molecule has 0 saturated heterocycles. The zero-order chi connectivity index (χ0) is 13.8. The van der Waals surface area contributed by atoms with Crippen LogP contribution in [0, 0.1) is 20.8 Å². The van der Waals surface area contributed by atoms with Crippen molar-refractivity contribution in [2.24, 2.45) is 0 Å². The lowest BCUT2D eigenvalue weighted by atomic mass is 9.92. The largest absolute Gasteiger partial charge is 0.313 e. The highest BCUT2D eigenvalue weighted by atomic mass is 14.9. The van der Waals surface area contributed by atoms with Gasteiger partial charge in [0.15, 0.2) is 0 Å². The predicted molar refractivity (Wildman–Crippen MR) is 80.4 cm³/mol. The SMILES string of the molecule is CNC(Cc1ncccc1C)c1c(C)cccc1C. The maximum absolute atomic E-state index is 4.51. The number of rotatable bonds is 4. The second-order valence-electron chi connectivity index (χ2n) is 5.12. The number of nitrogens with zero attached hydrogens (tertiary/aromatic N) is 1. The summed E-state index contributed by atoms with van der Waals surface area (Å²) in [7, 11) is 2.02. The normalized spacial score (nSPS) is 12.4. The van der Waals surface area contributed by atoms with Crippen LogP contribution in [0.4, 0.5) is 0 Å². The molecule has 0 bridgehead atoms. The van der Waals surface area contributed by atoms with Gasteiger partial charge in [-0.2, -0.15) is 0 Å². The minimum atomic E-state index is 0.315. The van der Waals surface area contributed by atoms with Gasteiger partial charge in [-0.25, -0.2) is 0 Å². The highest BCUT2D eigenvalue weighted by Crippen LogP contribution is 2.25. The number of aromatic nitrogens is 1. The zero-order valence-corrected chi connectivity index (χ0v) is 12.2. The van der Waals surface area contributed by atoms with Gasteiger partial charge in [-0.3, -0.25) is 4.98 Å². The van der Waals surface area contributed by atoms with Gasteiger partial charge in [0.05, 0.1) is 0 Å². The first kappa shape index (κ1) is 13.8. The number of pyridine rings is 1. The zero-order valence-electron chi connectivity index (χ0n) is 12.2. The smallest absolute Gasteiger partial charge is 0.0451 e. The van der Waals surface area contributed by atoms with Crippen molar-refractivity contribution in [2.75, 3.05) is 7.05 Å². The van der Waals surface area contributed by atoms with E-state index in [1.165, 1.54) is 27.9 Å². The fourth-order valence-electron chi connectivity index (χ4n) is 2.65. The van der Waals surface area contributed by atoms with Gasteiger partial charge in [-0.15, -0.1) is 0 Å². The molecule has 2 rings (SSSR count). The van der Waals surface area contributed by atoms with E-state index in [1.807, 2.05) is 19.3 Å². The van der Waals surface area contributed by atoms with Gasteiger partial charge < -0.3 is 5.32 Å². The number of nitrogens with one attached hydrogen (secondary N) is 1. The molecule has 2 aromatic rings. The van der Waals surface area contributed by atoms with E-state index in [-0.39, 0.29) is 0 Å². The van der Waals surface area contributed by atoms with Crippen molar-refractivity contribution in [3.63, 3.8) is 0 Å². The van der Waals surface area contributed by atoms with Crippen molar-refractivity contribution < 1.29 is 0 Å². The maximum Gasteiger partial charge on any atom is 0.0451 e. The number of likely N-dealkylation sites (N-methyl/N-ethyl adjacent to an activating group) is 1. The Balaban J connectivity index is 2.34. The molecule has 0 aliphatic rings. The van der Waals surface area contributed by atoms with Gasteiger partial charge in [-0.05, 0) is 56.1 Å². The van der Waals surface area contributed by atoms with E-state index in [4.69, 9.17) is 0 Å². The summed E-state index contributed by atoms with van der Waals surface area (Å²) in [4.78, 5) is 4.51. The standard InChI is InChI=1S/C17H22N2/c1-12-9-6-10-19-15(12)11-16(18-4)17-13(2)7-5-8-14(17)3/h5-10,16,18H,11H2,1-4H3. The second-order valence-corrected chi connectivity index (χ2v) is 5.12. The van der Waals surface area contributed by atoms with Gasteiger partial charge in [0.2, 0.25) is 0 Å². The Hall–Kier alpha value is -1.67. The summed E-state index contributed by atoms with van der Waals surface area (Å²) in [5, 5.41) is 3.44.